The number of nitrogens with zero attached hydrogens (tertiary/aromatic N) is 5. The zero-order chi connectivity index (χ0) is 70.9. The number of hydrogen-bond acceptors (Lipinski definition) is 6. The Kier molecular flexibility index (Phi) is 14.4. The molecule has 0 unspecified atom stereocenters. The fourth-order valence-electron chi connectivity index (χ4n) is 18.4. The molecule has 5 nitrogen and oxygen atoms in total. The predicted octanol–water partition coefficient (Wildman–Crippen LogP) is 23.4. The third-order valence-electron chi connectivity index (χ3n) is 22.7. The number of hydrogen-bond donors (Lipinski definition) is 0. The SMILES string of the molecule is c1ccc(-c2c3ccccc3c(N(c3ccccc3)c3cc4c5c(c3)N(c3ccccc3)c3ccccc3B5c3cc5c(cc3S4)N(c3ccccc3)c3cc(N(c4ccccc4)c4c6ccccc6c(-c6ccccc6)c6ccccc46)cc4c3B5c3ccccc3N4c3ccccc3)c3ccccc23)cc1. The van der Waals surface area contributed by atoms with Gasteiger partial charge in [-0.05, 0) is 174 Å². The molecular formula is C100H65B2N5S. The van der Waals surface area contributed by atoms with E-state index in [0.29, 0.717) is 0 Å². The molecule has 18 aromatic rings. The molecule has 108 heavy (non-hydrogen) atoms. The van der Waals surface area contributed by atoms with Gasteiger partial charge in [-0.1, -0.05) is 308 Å². The number of benzene rings is 18. The minimum atomic E-state index is -0.178. The lowest BCUT2D eigenvalue weighted by Gasteiger charge is -2.46. The summed E-state index contributed by atoms with van der Waals surface area (Å²) in [4.78, 5) is 15.3. The zero-order valence-electron chi connectivity index (χ0n) is 58.8. The third kappa shape index (κ3) is 9.56. The Labute approximate surface area is 632 Å². The predicted molar refractivity (Wildman–Crippen MR) is 461 cm³/mol. The van der Waals surface area contributed by atoms with Crippen molar-refractivity contribution < 1.29 is 0 Å². The first kappa shape index (κ1) is 61.9. The van der Waals surface area contributed by atoms with Gasteiger partial charge in [0.15, 0.2) is 0 Å². The zero-order valence-corrected chi connectivity index (χ0v) is 59.6. The molecule has 4 aliphatic heterocycles. The van der Waals surface area contributed by atoms with Crippen molar-refractivity contribution in [1.29, 1.82) is 0 Å². The molecule has 4 heterocycles. The van der Waals surface area contributed by atoms with E-state index in [2.05, 4.69) is 419 Å². The Morgan fingerprint density at radius 1 is 0.213 bits per heavy atom. The Bertz CT molecular complexity index is 6520. The molecule has 0 saturated heterocycles. The minimum absolute atomic E-state index is 0.135. The van der Waals surface area contributed by atoms with E-state index in [9.17, 15) is 0 Å². The number of anilines is 15. The van der Waals surface area contributed by atoms with Crippen molar-refractivity contribution in [2.45, 2.75) is 9.79 Å². The van der Waals surface area contributed by atoms with Crippen LogP contribution in [0.2, 0.25) is 0 Å². The number of rotatable bonds is 11. The second-order valence-electron chi connectivity index (χ2n) is 28.5. The summed E-state index contributed by atoms with van der Waals surface area (Å²) in [5.74, 6) is 0. The molecule has 18 aromatic carbocycles. The van der Waals surface area contributed by atoms with Gasteiger partial charge in [0.1, 0.15) is 0 Å². The van der Waals surface area contributed by atoms with Gasteiger partial charge in [-0.15, -0.1) is 0 Å². The molecule has 0 aliphatic carbocycles. The summed E-state index contributed by atoms with van der Waals surface area (Å²) in [5.41, 5.74) is 29.2. The van der Waals surface area contributed by atoms with E-state index in [4.69, 9.17) is 0 Å². The van der Waals surface area contributed by atoms with Gasteiger partial charge in [0, 0.05) is 99.6 Å². The van der Waals surface area contributed by atoms with Crippen molar-refractivity contribution in [1.82, 2.24) is 0 Å². The highest BCUT2D eigenvalue weighted by Gasteiger charge is 2.48. The van der Waals surface area contributed by atoms with Crippen LogP contribution in [0.25, 0.3) is 65.3 Å². The second kappa shape index (κ2) is 25.1. The van der Waals surface area contributed by atoms with Gasteiger partial charge in [0.2, 0.25) is 6.71 Å². The molecule has 0 atom stereocenters. The summed E-state index contributed by atoms with van der Waals surface area (Å²) >= 11 is 1.92. The summed E-state index contributed by atoms with van der Waals surface area (Å²) in [6.45, 7) is -0.313. The average Bonchev–Trinajstić information content (AvgIpc) is 0.691. The lowest BCUT2D eigenvalue weighted by Crippen LogP contribution is -2.64. The molecule has 4 aliphatic rings. The largest absolute Gasteiger partial charge is 0.311 e. The molecule has 22 rings (SSSR count). The molecule has 0 fully saturated rings. The van der Waals surface area contributed by atoms with Crippen LogP contribution >= 0.6 is 11.8 Å². The molecular weight excluding hydrogens is 1320 g/mol. The van der Waals surface area contributed by atoms with E-state index in [1.54, 1.807) is 0 Å². The second-order valence-corrected chi connectivity index (χ2v) is 29.6. The van der Waals surface area contributed by atoms with Crippen molar-refractivity contribution in [2.75, 3.05) is 24.5 Å². The van der Waals surface area contributed by atoms with E-state index in [-0.39, 0.29) is 13.4 Å². The van der Waals surface area contributed by atoms with Crippen molar-refractivity contribution in [3.63, 3.8) is 0 Å². The van der Waals surface area contributed by atoms with Crippen LogP contribution in [0.3, 0.4) is 0 Å². The highest BCUT2D eigenvalue weighted by Crippen LogP contribution is 2.55. The lowest BCUT2D eigenvalue weighted by molar-refractivity contribution is 1.22. The fourth-order valence-corrected chi connectivity index (χ4v) is 19.6. The summed E-state index contributed by atoms with van der Waals surface area (Å²) < 4.78 is 0. The standard InChI is InChI=1S/C100H65B2N5S/c1-8-34-66(35-9-1)95-75-48-22-26-52-79(75)99(80-53-27-23-49-76(80)95)103(68-38-12-3-13-39-68)73-60-90-97-91(61-73)107(72-46-20-7-21-47-72)89-65-93-86(64-85(89)101(97)83-56-30-32-58-87(83)105(90)70-42-16-5-17-43-70)102-84-57-31-33-59-88(84)106(71-44-18-6-19-45-71)92-62-74(63-94(108-93)98(92)102)104(69-40-14-4-15-41-69)100-81-54-28-24-50-77(81)96(67-36-10-2-11-37-67)78-51-25-29-55-82(78)100/h1-65H. The molecule has 0 spiro atoms. The van der Waals surface area contributed by atoms with Crippen LogP contribution in [-0.4, -0.2) is 13.4 Å². The van der Waals surface area contributed by atoms with E-state index in [0.717, 1.165) is 79.6 Å². The number of fused-ring (bicyclic) bond motifs is 12. The maximum Gasteiger partial charge on any atom is 0.252 e. The van der Waals surface area contributed by atoms with Gasteiger partial charge in [0.05, 0.1) is 17.1 Å². The molecule has 0 saturated carbocycles. The summed E-state index contributed by atoms with van der Waals surface area (Å²) in [6, 6.07) is 147. The first-order chi connectivity index (χ1) is 53.7. The molecule has 0 aromatic heterocycles. The molecule has 0 radical (unpaired) electrons. The molecule has 0 bridgehead atoms. The highest BCUT2D eigenvalue weighted by molar-refractivity contribution is 8.00. The monoisotopic (exact) mass is 1390 g/mol. The van der Waals surface area contributed by atoms with Crippen LogP contribution in [0.4, 0.5) is 85.3 Å². The topological polar surface area (TPSA) is 16.2 Å². The first-order valence-corrected chi connectivity index (χ1v) is 38.1. The smallest absolute Gasteiger partial charge is 0.252 e. The third-order valence-corrected chi connectivity index (χ3v) is 23.8. The van der Waals surface area contributed by atoms with Gasteiger partial charge in [-0.3, -0.25) is 0 Å². The molecule has 0 amide bonds. The Morgan fingerprint density at radius 2 is 0.528 bits per heavy atom. The van der Waals surface area contributed by atoms with Crippen LogP contribution < -0.4 is 57.3 Å². The summed E-state index contributed by atoms with van der Waals surface area (Å²) in [5, 5.41) is 9.49. The van der Waals surface area contributed by atoms with Crippen LogP contribution in [-0.2, 0) is 0 Å². The molecule has 0 N–H and O–H groups in total. The maximum atomic E-state index is 2.65. The van der Waals surface area contributed by atoms with E-state index >= 15 is 0 Å². The number of para-hydroxylation sites is 7. The Balaban J connectivity index is 0.819. The molecule has 8 heteroatoms. The summed E-state index contributed by atoms with van der Waals surface area (Å²) in [7, 11) is 0. The fraction of sp³-hybridized carbons (Fsp3) is 0. The first-order valence-electron chi connectivity index (χ1n) is 37.3. The van der Waals surface area contributed by atoms with Crippen LogP contribution in [0, 0.1) is 0 Å². The van der Waals surface area contributed by atoms with E-state index < -0.39 is 0 Å². The molecule has 502 valence electrons. The normalized spacial score (nSPS) is 12.9. The van der Waals surface area contributed by atoms with E-state index in [1.807, 2.05) is 11.8 Å². The van der Waals surface area contributed by atoms with Gasteiger partial charge in [-0.2, -0.15) is 0 Å². The van der Waals surface area contributed by atoms with Crippen molar-refractivity contribution >= 4 is 186 Å². The average molecular weight is 1390 g/mol. The van der Waals surface area contributed by atoms with Crippen LogP contribution in [0.5, 0.6) is 0 Å². The van der Waals surface area contributed by atoms with Gasteiger partial charge in [0.25, 0.3) is 6.71 Å². The van der Waals surface area contributed by atoms with Crippen molar-refractivity contribution in [3.8, 4) is 22.3 Å². The lowest BCUT2D eigenvalue weighted by atomic mass is 9.31. The van der Waals surface area contributed by atoms with Crippen LogP contribution in [0.15, 0.2) is 404 Å². The van der Waals surface area contributed by atoms with Crippen molar-refractivity contribution in [2.24, 2.45) is 0 Å². The van der Waals surface area contributed by atoms with Crippen LogP contribution in [0.1, 0.15) is 0 Å². The summed E-state index contributed by atoms with van der Waals surface area (Å²) in [6.07, 6.45) is 0. The Hall–Kier alpha value is -13.5. The quantitative estimate of drug-likeness (QED) is 0.0941. The van der Waals surface area contributed by atoms with Gasteiger partial charge >= 0.3 is 0 Å². The Morgan fingerprint density at radius 3 is 0.935 bits per heavy atom. The minimum Gasteiger partial charge on any atom is -0.311 e. The van der Waals surface area contributed by atoms with Crippen molar-refractivity contribution in [3.05, 3.63) is 394 Å². The van der Waals surface area contributed by atoms with Gasteiger partial charge < -0.3 is 24.5 Å². The van der Waals surface area contributed by atoms with E-state index in [1.165, 1.54) is 114 Å². The highest BCUT2D eigenvalue weighted by atomic mass is 32.2. The van der Waals surface area contributed by atoms with Gasteiger partial charge in [-0.25, -0.2) is 0 Å². The maximum absolute atomic E-state index is 2.65.